The zero-order valence-corrected chi connectivity index (χ0v) is 10.6. The van der Waals surface area contributed by atoms with Gasteiger partial charge in [-0.2, -0.15) is 0 Å². The van der Waals surface area contributed by atoms with Gasteiger partial charge in [-0.05, 0) is 30.7 Å². The highest BCUT2D eigenvalue weighted by molar-refractivity contribution is 5.93. The molecule has 5 nitrogen and oxygen atoms in total. The molecule has 1 heterocycles. The molecule has 0 radical (unpaired) electrons. The second-order valence-corrected chi connectivity index (χ2v) is 4.48. The van der Waals surface area contributed by atoms with Gasteiger partial charge in [-0.3, -0.25) is 4.79 Å². The number of rotatable bonds is 3. The van der Waals surface area contributed by atoms with Crippen molar-refractivity contribution in [2.75, 3.05) is 25.6 Å². The summed E-state index contributed by atoms with van der Waals surface area (Å²) in [6, 6.07) is 5.29. The molecular formula is C13H18N2O3. The zero-order chi connectivity index (χ0) is 13.1. The lowest BCUT2D eigenvalue weighted by atomic mass is 10.0. The SMILES string of the molecule is COc1ccc(NC(=O)C2COCC2N)cc1C. The van der Waals surface area contributed by atoms with E-state index in [4.69, 9.17) is 15.2 Å². The Balaban J connectivity index is 2.05. The first kappa shape index (κ1) is 12.9. The predicted molar refractivity (Wildman–Crippen MR) is 68.6 cm³/mol. The Morgan fingerprint density at radius 3 is 2.83 bits per heavy atom. The lowest BCUT2D eigenvalue weighted by Crippen LogP contribution is -2.37. The summed E-state index contributed by atoms with van der Waals surface area (Å²) in [5.74, 6) is 0.436. The Morgan fingerprint density at radius 2 is 2.28 bits per heavy atom. The van der Waals surface area contributed by atoms with E-state index in [1.54, 1.807) is 7.11 Å². The fourth-order valence-electron chi connectivity index (χ4n) is 2.03. The van der Waals surface area contributed by atoms with Gasteiger partial charge in [-0.25, -0.2) is 0 Å². The minimum atomic E-state index is -0.271. The summed E-state index contributed by atoms with van der Waals surface area (Å²) < 4.78 is 10.4. The van der Waals surface area contributed by atoms with Crippen molar-refractivity contribution in [2.45, 2.75) is 13.0 Å². The molecule has 1 aliphatic heterocycles. The molecule has 1 amide bonds. The van der Waals surface area contributed by atoms with E-state index < -0.39 is 0 Å². The molecule has 1 fully saturated rings. The van der Waals surface area contributed by atoms with Gasteiger partial charge >= 0.3 is 0 Å². The third kappa shape index (κ3) is 2.63. The van der Waals surface area contributed by atoms with Gasteiger partial charge in [0.05, 0.1) is 26.2 Å². The highest BCUT2D eigenvalue weighted by Gasteiger charge is 2.31. The quantitative estimate of drug-likeness (QED) is 0.836. The van der Waals surface area contributed by atoms with Crippen molar-refractivity contribution in [3.8, 4) is 5.75 Å². The lowest BCUT2D eigenvalue weighted by Gasteiger charge is -2.14. The van der Waals surface area contributed by atoms with Gasteiger partial charge in [0.25, 0.3) is 0 Å². The van der Waals surface area contributed by atoms with Gasteiger partial charge in [-0.15, -0.1) is 0 Å². The van der Waals surface area contributed by atoms with E-state index in [9.17, 15) is 4.79 Å². The molecule has 0 bridgehead atoms. The molecule has 2 unspecified atom stereocenters. The Labute approximate surface area is 106 Å². The highest BCUT2D eigenvalue weighted by atomic mass is 16.5. The van der Waals surface area contributed by atoms with Gasteiger partial charge in [0.15, 0.2) is 0 Å². The number of amides is 1. The molecule has 2 rings (SSSR count). The third-order valence-corrected chi connectivity index (χ3v) is 3.12. The number of hydrogen-bond donors (Lipinski definition) is 2. The molecule has 3 N–H and O–H groups in total. The summed E-state index contributed by atoms with van der Waals surface area (Å²) in [6.07, 6.45) is 0. The molecule has 98 valence electrons. The van der Waals surface area contributed by atoms with Crippen LogP contribution in [0.2, 0.25) is 0 Å². The number of carbonyl (C=O) groups excluding carboxylic acids is 1. The number of methoxy groups -OCH3 is 1. The average Bonchev–Trinajstić information content (AvgIpc) is 2.76. The summed E-state index contributed by atoms with van der Waals surface area (Å²) in [5, 5.41) is 2.85. The van der Waals surface area contributed by atoms with Crippen molar-refractivity contribution in [1.29, 1.82) is 0 Å². The molecular weight excluding hydrogens is 232 g/mol. The molecule has 0 aliphatic carbocycles. The summed E-state index contributed by atoms with van der Waals surface area (Å²) in [6.45, 7) is 2.76. The van der Waals surface area contributed by atoms with Gasteiger partial charge in [0, 0.05) is 11.7 Å². The number of ether oxygens (including phenoxy) is 2. The van der Waals surface area contributed by atoms with Crippen LogP contribution in [0.1, 0.15) is 5.56 Å². The minimum absolute atomic E-state index is 0.0930. The van der Waals surface area contributed by atoms with Crippen molar-refractivity contribution in [2.24, 2.45) is 11.7 Å². The summed E-state index contributed by atoms with van der Waals surface area (Å²) in [4.78, 5) is 12.0. The number of carbonyl (C=O) groups is 1. The van der Waals surface area contributed by atoms with Crippen LogP contribution in [0.3, 0.4) is 0 Å². The van der Waals surface area contributed by atoms with E-state index in [-0.39, 0.29) is 17.9 Å². The second kappa shape index (κ2) is 5.37. The number of nitrogens with one attached hydrogen (secondary N) is 1. The maximum absolute atomic E-state index is 12.0. The number of aryl methyl sites for hydroxylation is 1. The zero-order valence-electron chi connectivity index (χ0n) is 10.6. The molecule has 1 aromatic carbocycles. The fraction of sp³-hybridized carbons (Fsp3) is 0.462. The molecule has 18 heavy (non-hydrogen) atoms. The van der Waals surface area contributed by atoms with Crippen LogP contribution >= 0.6 is 0 Å². The average molecular weight is 250 g/mol. The first-order valence-electron chi connectivity index (χ1n) is 5.90. The van der Waals surface area contributed by atoms with Crippen molar-refractivity contribution in [3.63, 3.8) is 0 Å². The van der Waals surface area contributed by atoms with Crippen molar-refractivity contribution >= 4 is 11.6 Å². The Morgan fingerprint density at radius 1 is 1.50 bits per heavy atom. The topological polar surface area (TPSA) is 73.6 Å². The predicted octanol–water partition coefficient (Wildman–Crippen LogP) is 0.916. The van der Waals surface area contributed by atoms with Gasteiger partial charge in [0.1, 0.15) is 5.75 Å². The van der Waals surface area contributed by atoms with Crippen molar-refractivity contribution in [3.05, 3.63) is 23.8 Å². The number of hydrogen-bond acceptors (Lipinski definition) is 4. The molecule has 1 saturated heterocycles. The van der Waals surface area contributed by atoms with Crippen LogP contribution in [0.4, 0.5) is 5.69 Å². The lowest BCUT2D eigenvalue weighted by molar-refractivity contribution is -0.120. The molecule has 5 heteroatoms. The van der Waals surface area contributed by atoms with Crippen LogP contribution in [0.25, 0.3) is 0 Å². The van der Waals surface area contributed by atoms with Gasteiger partial charge < -0.3 is 20.5 Å². The molecule has 2 atom stereocenters. The van der Waals surface area contributed by atoms with E-state index in [0.717, 1.165) is 17.0 Å². The molecule has 1 aliphatic rings. The third-order valence-electron chi connectivity index (χ3n) is 3.12. The van der Waals surface area contributed by atoms with E-state index in [1.165, 1.54) is 0 Å². The molecule has 0 aromatic heterocycles. The minimum Gasteiger partial charge on any atom is -0.496 e. The largest absolute Gasteiger partial charge is 0.496 e. The first-order valence-corrected chi connectivity index (χ1v) is 5.90. The van der Waals surface area contributed by atoms with Crippen molar-refractivity contribution in [1.82, 2.24) is 0 Å². The van der Waals surface area contributed by atoms with E-state index >= 15 is 0 Å². The smallest absolute Gasteiger partial charge is 0.231 e. The van der Waals surface area contributed by atoms with Gasteiger partial charge in [0.2, 0.25) is 5.91 Å². The Hall–Kier alpha value is -1.59. The van der Waals surface area contributed by atoms with Crippen LogP contribution < -0.4 is 15.8 Å². The van der Waals surface area contributed by atoms with E-state index in [2.05, 4.69) is 5.32 Å². The number of benzene rings is 1. The normalized spacial score (nSPS) is 22.8. The first-order chi connectivity index (χ1) is 8.61. The molecule has 0 spiro atoms. The maximum Gasteiger partial charge on any atom is 0.231 e. The molecule has 0 saturated carbocycles. The van der Waals surface area contributed by atoms with Crippen LogP contribution in [0.5, 0.6) is 5.75 Å². The number of nitrogens with two attached hydrogens (primary N) is 1. The van der Waals surface area contributed by atoms with Crippen LogP contribution in [-0.4, -0.2) is 32.3 Å². The van der Waals surface area contributed by atoms with Crippen LogP contribution in [0, 0.1) is 12.8 Å². The fourth-order valence-corrected chi connectivity index (χ4v) is 2.03. The monoisotopic (exact) mass is 250 g/mol. The van der Waals surface area contributed by atoms with E-state index in [1.807, 2.05) is 25.1 Å². The van der Waals surface area contributed by atoms with E-state index in [0.29, 0.717) is 13.2 Å². The standard InChI is InChI=1S/C13H18N2O3/c1-8-5-9(3-4-12(8)17-2)15-13(16)10-6-18-7-11(10)14/h3-5,10-11H,6-7,14H2,1-2H3,(H,15,16). The summed E-state index contributed by atoms with van der Waals surface area (Å²) >= 11 is 0. The van der Waals surface area contributed by atoms with Crippen LogP contribution in [-0.2, 0) is 9.53 Å². The summed E-state index contributed by atoms with van der Waals surface area (Å²) in [7, 11) is 1.62. The molecule has 1 aromatic rings. The maximum atomic E-state index is 12.0. The Kier molecular flexibility index (Phi) is 3.84. The van der Waals surface area contributed by atoms with Crippen LogP contribution in [0.15, 0.2) is 18.2 Å². The number of anilines is 1. The highest BCUT2D eigenvalue weighted by Crippen LogP contribution is 2.22. The second-order valence-electron chi connectivity index (χ2n) is 4.48. The summed E-state index contributed by atoms with van der Waals surface area (Å²) in [5.41, 5.74) is 7.53. The van der Waals surface area contributed by atoms with Crippen molar-refractivity contribution < 1.29 is 14.3 Å². The Bertz CT molecular complexity index is 448. The van der Waals surface area contributed by atoms with Gasteiger partial charge in [-0.1, -0.05) is 0 Å².